The molecule has 0 aromatic carbocycles. The molecule has 31 heavy (non-hydrogen) atoms. The van der Waals surface area contributed by atoms with E-state index in [0.717, 1.165) is 22.8 Å². The van der Waals surface area contributed by atoms with Crippen molar-refractivity contribution in [1.82, 2.24) is 19.9 Å². The van der Waals surface area contributed by atoms with Gasteiger partial charge in [0.25, 0.3) is 0 Å². The van der Waals surface area contributed by atoms with E-state index >= 15 is 0 Å². The third-order valence-electron chi connectivity index (χ3n) is 4.76. The molecule has 0 saturated heterocycles. The molecular weight excluding hydrogens is 502 g/mol. The topological polar surface area (TPSA) is 51.6 Å². The summed E-state index contributed by atoms with van der Waals surface area (Å²) in [5.74, 6) is 0. The SMILES string of the molecule is C[SiH](C)c1ccc(-c2ccccn2)nc1.C[SiH](C)c1ccc(-c2ccccn2)nc1.[Ru]. The molecular formula is C24H28N4RuSi2. The standard InChI is InChI=1S/2C12H14N2Si.Ru/c2*1-15(2)10-6-7-12(14-9-10)11-5-3-4-8-13-11;/h2*3-9,15H,1-2H3;. The monoisotopic (exact) mass is 530 g/mol. The Morgan fingerprint density at radius 2 is 0.871 bits per heavy atom. The van der Waals surface area contributed by atoms with E-state index in [-0.39, 0.29) is 19.5 Å². The Morgan fingerprint density at radius 3 is 1.13 bits per heavy atom. The molecule has 0 saturated carbocycles. The molecule has 0 amide bonds. The van der Waals surface area contributed by atoms with Gasteiger partial charge >= 0.3 is 0 Å². The smallest absolute Gasteiger partial charge is 0.0886 e. The molecule has 0 fully saturated rings. The molecule has 0 unspecified atom stereocenters. The first-order valence-electron chi connectivity index (χ1n) is 10.3. The molecule has 0 aliphatic carbocycles. The van der Waals surface area contributed by atoms with E-state index in [1.807, 2.05) is 48.8 Å². The third kappa shape index (κ3) is 7.38. The van der Waals surface area contributed by atoms with Crippen LogP contribution in [-0.2, 0) is 19.5 Å². The number of hydrogen-bond acceptors (Lipinski definition) is 4. The fraction of sp³-hybridized carbons (Fsp3) is 0.167. The van der Waals surface area contributed by atoms with E-state index in [0.29, 0.717) is 0 Å². The second kappa shape index (κ2) is 12.5. The summed E-state index contributed by atoms with van der Waals surface area (Å²) in [5.41, 5.74) is 3.78. The predicted octanol–water partition coefficient (Wildman–Crippen LogP) is 3.67. The van der Waals surface area contributed by atoms with Crippen molar-refractivity contribution in [2.75, 3.05) is 0 Å². The van der Waals surface area contributed by atoms with Crippen molar-refractivity contribution in [3.05, 3.63) is 85.5 Å². The zero-order valence-corrected chi connectivity index (χ0v) is 22.4. The molecule has 160 valence electrons. The van der Waals surface area contributed by atoms with Crippen LogP contribution in [0.5, 0.6) is 0 Å². The summed E-state index contributed by atoms with van der Waals surface area (Å²) < 4.78 is 0. The van der Waals surface area contributed by atoms with Crippen molar-refractivity contribution in [1.29, 1.82) is 0 Å². The van der Waals surface area contributed by atoms with Crippen LogP contribution in [0.15, 0.2) is 85.5 Å². The Balaban J connectivity index is 0.000000213. The Kier molecular flexibility index (Phi) is 10.0. The van der Waals surface area contributed by atoms with E-state index in [9.17, 15) is 0 Å². The Labute approximate surface area is 201 Å². The van der Waals surface area contributed by atoms with Gasteiger partial charge in [-0.3, -0.25) is 19.9 Å². The molecule has 4 aromatic heterocycles. The summed E-state index contributed by atoms with van der Waals surface area (Å²) in [4.78, 5) is 17.4. The van der Waals surface area contributed by atoms with Crippen LogP contribution in [0.1, 0.15) is 0 Å². The first kappa shape index (κ1) is 24.9. The van der Waals surface area contributed by atoms with Gasteiger partial charge in [0.2, 0.25) is 0 Å². The average Bonchev–Trinajstić information content (AvgIpc) is 2.81. The summed E-state index contributed by atoms with van der Waals surface area (Å²) in [6.07, 6.45) is 7.56. The number of hydrogen-bond donors (Lipinski definition) is 0. The Morgan fingerprint density at radius 1 is 0.484 bits per heavy atom. The van der Waals surface area contributed by atoms with E-state index in [2.05, 4.69) is 70.4 Å². The normalized spacial score (nSPS) is 10.3. The molecule has 0 aliphatic heterocycles. The molecule has 0 radical (unpaired) electrons. The molecule has 0 aliphatic rings. The third-order valence-corrected chi connectivity index (χ3v) is 8.11. The van der Waals surface area contributed by atoms with Crippen LogP contribution in [0.4, 0.5) is 0 Å². The molecule has 4 rings (SSSR count). The minimum absolute atomic E-state index is 0. The maximum Gasteiger partial charge on any atom is 0.0886 e. The fourth-order valence-electron chi connectivity index (χ4n) is 2.83. The van der Waals surface area contributed by atoms with E-state index in [1.165, 1.54) is 10.4 Å². The zero-order chi connectivity index (χ0) is 21.3. The van der Waals surface area contributed by atoms with Gasteiger partial charge in [-0.15, -0.1) is 0 Å². The van der Waals surface area contributed by atoms with Crippen LogP contribution in [-0.4, -0.2) is 37.5 Å². The summed E-state index contributed by atoms with van der Waals surface area (Å²) in [6, 6.07) is 20.2. The van der Waals surface area contributed by atoms with E-state index < -0.39 is 17.6 Å². The van der Waals surface area contributed by atoms with Crippen molar-refractivity contribution in [3.63, 3.8) is 0 Å². The number of pyridine rings is 4. The Hall–Kier alpha value is -2.34. The minimum Gasteiger partial charge on any atom is -0.255 e. The molecule has 4 aromatic rings. The van der Waals surface area contributed by atoms with E-state index in [1.54, 1.807) is 12.4 Å². The van der Waals surface area contributed by atoms with Gasteiger partial charge in [0.05, 0.1) is 40.4 Å². The van der Waals surface area contributed by atoms with Gasteiger partial charge in [-0.05, 0) is 46.8 Å². The predicted molar refractivity (Wildman–Crippen MR) is 132 cm³/mol. The summed E-state index contributed by atoms with van der Waals surface area (Å²) >= 11 is 0. The molecule has 0 atom stereocenters. The van der Waals surface area contributed by atoms with Crippen LogP contribution >= 0.6 is 0 Å². The number of nitrogens with zero attached hydrogens (tertiary/aromatic N) is 4. The van der Waals surface area contributed by atoms with Crippen LogP contribution in [0.2, 0.25) is 26.2 Å². The summed E-state index contributed by atoms with van der Waals surface area (Å²) in [6.45, 7) is 9.21. The molecule has 0 N–H and O–H groups in total. The van der Waals surface area contributed by atoms with Gasteiger partial charge in [0.1, 0.15) is 0 Å². The van der Waals surface area contributed by atoms with Gasteiger partial charge < -0.3 is 0 Å². The zero-order valence-electron chi connectivity index (χ0n) is 18.4. The van der Waals surface area contributed by atoms with Crippen molar-refractivity contribution in [3.8, 4) is 22.8 Å². The van der Waals surface area contributed by atoms with Gasteiger partial charge in [-0.2, -0.15) is 0 Å². The van der Waals surface area contributed by atoms with Gasteiger partial charge in [-0.25, -0.2) is 0 Å². The van der Waals surface area contributed by atoms with Gasteiger partial charge in [0, 0.05) is 44.3 Å². The van der Waals surface area contributed by atoms with Crippen molar-refractivity contribution in [2.24, 2.45) is 0 Å². The minimum atomic E-state index is -0.726. The van der Waals surface area contributed by atoms with Crippen molar-refractivity contribution in [2.45, 2.75) is 26.2 Å². The van der Waals surface area contributed by atoms with E-state index in [4.69, 9.17) is 0 Å². The Bertz CT molecular complexity index is 940. The van der Waals surface area contributed by atoms with Crippen molar-refractivity contribution < 1.29 is 19.5 Å². The largest absolute Gasteiger partial charge is 0.255 e. The van der Waals surface area contributed by atoms with Gasteiger partial charge in [-0.1, -0.05) is 50.5 Å². The molecule has 4 heterocycles. The molecule has 7 heteroatoms. The summed E-state index contributed by atoms with van der Waals surface area (Å²) in [7, 11) is -1.45. The average molecular weight is 530 g/mol. The number of rotatable bonds is 4. The van der Waals surface area contributed by atoms with Gasteiger partial charge in [0.15, 0.2) is 0 Å². The van der Waals surface area contributed by atoms with Crippen LogP contribution in [0.3, 0.4) is 0 Å². The van der Waals surface area contributed by atoms with Crippen molar-refractivity contribution >= 4 is 28.0 Å². The molecule has 0 bridgehead atoms. The quantitative estimate of drug-likeness (QED) is 0.379. The maximum atomic E-state index is 4.44. The second-order valence-corrected chi connectivity index (χ2v) is 13.6. The first-order chi connectivity index (χ1) is 14.5. The van der Waals surface area contributed by atoms with Crippen LogP contribution in [0, 0.1) is 0 Å². The fourth-order valence-corrected chi connectivity index (χ4v) is 4.53. The first-order valence-corrected chi connectivity index (χ1v) is 16.1. The second-order valence-electron chi connectivity index (χ2n) is 7.69. The molecule has 0 spiro atoms. The summed E-state index contributed by atoms with van der Waals surface area (Å²) in [5, 5.41) is 2.80. The van der Waals surface area contributed by atoms with Crippen LogP contribution in [0.25, 0.3) is 22.8 Å². The molecule has 4 nitrogen and oxygen atoms in total. The number of aromatic nitrogens is 4. The maximum absolute atomic E-state index is 4.44. The van der Waals surface area contributed by atoms with Crippen LogP contribution < -0.4 is 10.4 Å².